The Balaban J connectivity index is 1.50. The van der Waals surface area contributed by atoms with Crippen molar-refractivity contribution in [1.29, 1.82) is 0 Å². The summed E-state index contributed by atoms with van der Waals surface area (Å²) in [5.74, 6) is 2.18. The first-order valence-corrected chi connectivity index (χ1v) is 8.68. The molecule has 4 saturated carbocycles. The Morgan fingerprint density at radius 1 is 1.00 bits per heavy atom. The van der Waals surface area contributed by atoms with Gasteiger partial charge in [0.25, 0.3) is 0 Å². The van der Waals surface area contributed by atoms with E-state index in [2.05, 4.69) is 0 Å². The molecule has 4 aliphatic carbocycles. The van der Waals surface area contributed by atoms with Crippen LogP contribution in [0.3, 0.4) is 0 Å². The average molecular weight is 307 g/mol. The van der Waals surface area contributed by atoms with Crippen molar-refractivity contribution in [2.75, 3.05) is 13.1 Å². The molecule has 1 N–H and O–H groups in total. The van der Waals surface area contributed by atoms with Crippen molar-refractivity contribution in [3.8, 4) is 0 Å². The minimum absolute atomic E-state index is 0.146. The van der Waals surface area contributed by atoms with Crippen LogP contribution in [0.25, 0.3) is 0 Å². The van der Waals surface area contributed by atoms with E-state index in [0.717, 1.165) is 11.8 Å². The van der Waals surface area contributed by atoms with Crippen molar-refractivity contribution in [2.24, 2.45) is 29.6 Å². The zero-order valence-corrected chi connectivity index (χ0v) is 13.1. The van der Waals surface area contributed by atoms with Crippen LogP contribution in [0.4, 0.5) is 0 Å². The molecule has 0 aromatic heterocycles. The first-order valence-electron chi connectivity index (χ1n) is 8.68. The van der Waals surface area contributed by atoms with E-state index in [1.54, 1.807) is 4.90 Å². The normalized spacial score (nSPS) is 46.8. The van der Waals surface area contributed by atoms with Crippen LogP contribution in [0.15, 0.2) is 0 Å². The molecule has 0 aromatic rings. The Bertz CT molecular complexity index is 463. The number of aliphatic carboxylic acids is 1. The monoisotopic (exact) mass is 307 g/mol. The predicted octanol–water partition coefficient (Wildman–Crippen LogP) is 1.76. The van der Waals surface area contributed by atoms with E-state index in [4.69, 9.17) is 4.74 Å². The molecule has 2 atom stereocenters. The second kappa shape index (κ2) is 5.22. The molecule has 5 heteroatoms. The maximum atomic E-state index is 13.1. The third-order valence-electron chi connectivity index (χ3n) is 6.36. The quantitative estimate of drug-likeness (QED) is 0.844. The number of carbonyl (C=O) groups is 2. The number of ether oxygens (including phenoxy) is 1. The lowest BCUT2D eigenvalue weighted by atomic mass is 9.51. The largest absolute Gasteiger partial charge is 0.479 e. The fourth-order valence-electron chi connectivity index (χ4n) is 5.81. The number of nitrogens with zero attached hydrogens (tertiary/aromatic N) is 1. The van der Waals surface area contributed by atoms with Gasteiger partial charge in [0, 0.05) is 12.5 Å². The van der Waals surface area contributed by atoms with Crippen molar-refractivity contribution >= 4 is 11.9 Å². The fraction of sp³-hybridized carbons (Fsp3) is 0.882. The molecule has 122 valence electrons. The van der Waals surface area contributed by atoms with E-state index in [1.165, 1.54) is 32.1 Å². The predicted molar refractivity (Wildman–Crippen MR) is 79.1 cm³/mol. The number of amides is 1. The van der Waals surface area contributed by atoms with Gasteiger partial charge in [-0.15, -0.1) is 0 Å². The summed E-state index contributed by atoms with van der Waals surface area (Å²) in [6, 6.07) is 0. The van der Waals surface area contributed by atoms with Gasteiger partial charge in [-0.3, -0.25) is 4.79 Å². The van der Waals surface area contributed by atoms with Crippen molar-refractivity contribution in [3.05, 3.63) is 0 Å². The first-order chi connectivity index (χ1) is 10.5. The molecular weight excluding hydrogens is 282 g/mol. The SMILES string of the molecule is C[C@@H]1CN(C(=O)C2C3CC4CC(C3)CC2C4)CC(C(=O)O)O1. The highest BCUT2D eigenvalue weighted by molar-refractivity contribution is 5.81. The number of hydrogen-bond acceptors (Lipinski definition) is 3. The second-order valence-electron chi connectivity index (χ2n) is 7.97. The highest BCUT2D eigenvalue weighted by Gasteiger charge is 2.52. The molecule has 5 fully saturated rings. The van der Waals surface area contributed by atoms with E-state index in [1.807, 2.05) is 6.92 Å². The zero-order valence-electron chi connectivity index (χ0n) is 13.1. The molecule has 0 spiro atoms. The number of rotatable bonds is 2. The molecule has 4 bridgehead atoms. The molecular formula is C17H25NO4. The van der Waals surface area contributed by atoms with Gasteiger partial charge in [0.2, 0.25) is 5.91 Å². The highest BCUT2D eigenvalue weighted by Crippen LogP contribution is 2.56. The van der Waals surface area contributed by atoms with Gasteiger partial charge in [0.1, 0.15) is 0 Å². The third kappa shape index (κ3) is 2.34. The summed E-state index contributed by atoms with van der Waals surface area (Å²) in [4.78, 5) is 26.1. The number of carboxylic acid groups (broad SMARTS) is 1. The van der Waals surface area contributed by atoms with Gasteiger partial charge in [-0.1, -0.05) is 0 Å². The molecule has 5 nitrogen and oxygen atoms in total. The third-order valence-corrected chi connectivity index (χ3v) is 6.36. The standard InChI is InChI=1S/C17H25NO4/c1-9-7-18(8-14(22-9)17(20)21)16(19)15-12-3-10-2-11(5-12)6-13(15)4-10/h9-15H,2-8H2,1H3,(H,20,21)/t9-,10?,11?,12?,13?,14?,15?/m1/s1. The summed E-state index contributed by atoms with van der Waals surface area (Å²) < 4.78 is 5.44. The van der Waals surface area contributed by atoms with Crippen molar-refractivity contribution in [1.82, 2.24) is 4.90 Å². The molecule has 1 amide bonds. The van der Waals surface area contributed by atoms with Gasteiger partial charge >= 0.3 is 5.97 Å². The fourth-order valence-corrected chi connectivity index (χ4v) is 5.81. The van der Waals surface area contributed by atoms with E-state index in [0.29, 0.717) is 18.4 Å². The minimum atomic E-state index is -0.963. The summed E-state index contributed by atoms with van der Waals surface area (Å²) in [5.41, 5.74) is 0. The summed E-state index contributed by atoms with van der Waals surface area (Å²) in [6.45, 7) is 2.60. The Kier molecular flexibility index (Phi) is 3.44. The minimum Gasteiger partial charge on any atom is -0.479 e. The average Bonchev–Trinajstić information content (AvgIpc) is 2.45. The summed E-state index contributed by atoms with van der Waals surface area (Å²) in [5, 5.41) is 9.20. The van der Waals surface area contributed by atoms with Crippen LogP contribution in [-0.4, -0.2) is 47.2 Å². The van der Waals surface area contributed by atoms with E-state index in [9.17, 15) is 14.7 Å². The van der Waals surface area contributed by atoms with Crippen molar-refractivity contribution < 1.29 is 19.4 Å². The molecule has 0 radical (unpaired) electrons. The van der Waals surface area contributed by atoms with Crippen LogP contribution in [0.5, 0.6) is 0 Å². The Morgan fingerprint density at radius 2 is 1.59 bits per heavy atom. The van der Waals surface area contributed by atoms with Gasteiger partial charge in [-0.2, -0.15) is 0 Å². The molecule has 5 aliphatic rings. The van der Waals surface area contributed by atoms with Crippen molar-refractivity contribution in [3.63, 3.8) is 0 Å². The number of carbonyl (C=O) groups excluding carboxylic acids is 1. The summed E-state index contributed by atoms with van der Waals surface area (Å²) in [6.07, 6.45) is 5.17. The Hall–Kier alpha value is -1.10. The Labute approximate surface area is 131 Å². The van der Waals surface area contributed by atoms with Gasteiger partial charge in [-0.25, -0.2) is 4.79 Å². The molecule has 1 unspecified atom stereocenters. The Morgan fingerprint density at radius 3 is 2.14 bits per heavy atom. The lowest BCUT2D eigenvalue weighted by Gasteiger charge is -2.54. The number of morpholine rings is 1. The molecule has 1 aliphatic heterocycles. The van der Waals surface area contributed by atoms with Crippen LogP contribution < -0.4 is 0 Å². The van der Waals surface area contributed by atoms with Gasteiger partial charge in [0.15, 0.2) is 6.10 Å². The number of hydrogen-bond donors (Lipinski definition) is 1. The molecule has 5 rings (SSSR count). The van der Waals surface area contributed by atoms with Gasteiger partial charge < -0.3 is 14.7 Å². The maximum absolute atomic E-state index is 13.1. The van der Waals surface area contributed by atoms with Crippen molar-refractivity contribution in [2.45, 2.75) is 51.2 Å². The maximum Gasteiger partial charge on any atom is 0.334 e. The highest BCUT2D eigenvalue weighted by atomic mass is 16.5. The molecule has 1 heterocycles. The van der Waals surface area contributed by atoms with Gasteiger partial charge in [0.05, 0.1) is 12.6 Å². The summed E-state index contributed by atoms with van der Waals surface area (Å²) in [7, 11) is 0. The van der Waals surface area contributed by atoms with E-state index in [-0.39, 0.29) is 24.5 Å². The first kappa shape index (κ1) is 14.5. The van der Waals surface area contributed by atoms with Crippen LogP contribution in [0.2, 0.25) is 0 Å². The van der Waals surface area contributed by atoms with Crippen LogP contribution in [0.1, 0.15) is 39.0 Å². The molecule has 1 saturated heterocycles. The van der Waals surface area contributed by atoms with Crippen LogP contribution in [-0.2, 0) is 14.3 Å². The van der Waals surface area contributed by atoms with E-state index < -0.39 is 12.1 Å². The van der Waals surface area contributed by atoms with Crippen LogP contribution >= 0.6 is 0 Å². The second-order valence-corrected chi connectivity index (χ2v) is 7.97. The van der Waals surface area contributed by atoms with E-state index >= 15 is 0 Å². The lowest BCUT2D eigenvalue weighted by Crippen LogP contribution is -2.57. The number of carboxylic acids is 1. The summed E-state index contributed by atoms with van der Waals surface area (Å²) >= 11 is 0. The lowest BCUT2D eigenvalue weighted by molar-refractivity contribution is -0.172. The smallest absolute Gasteiger partial charge is 0.334 e. The zero-order chi connectivity index (χ0) is 15.4. The molecule has 22 heavy (non-hydrogen) atoms. The topological polar surface area (TPSA) is 66.8 Å². The molecule has 0 aromatic carbocycles. The van der Waals surface area contributed by atoms with Gasteiger partial charge in [-0.05, 0) is 62.7 Å². The van der Waals surface area contributed by atoms with Crippen LogP contribution in [0, 0.1) is 29.6 Å².